The Morgan fingerprint density at radius 3 is 2.26 bits per heavy atom. The lowest BCUT2D eigenvalue weighted by Gasteiger charge is -2.10. The van der Waals surface area contributed by atoms with Gasteiger partial charge in [0, 0.05) is 15.5 Å². The molecule has 5 nitrogen and oxygen atoms in total. The maximum absolute atomic E-state index is 12.5. The van der Waals surface area contributed by atoms with E-state index in [9.17, 15) is 13.2 Å². The van der Waals surface area contributed by atoms with Crippen LogP contribution in [0.5, 0.6) is 0 Å². The molecular formula is C20H17NO4S2. The van der Waals surface area contributed by atoms with E-state index in [-0.39, 0.29) is 4.90 Å². The van der Waals surface area contributed by atoms with Gasteiger partial charge in [-0.2, -0.15) is 0 Å². The average Bonchev–Trinajstić information content (AvgIpc) is 2.68. The summed E-state index contributed by atoms with van der Waals surface area (Å²) in [7, 11) is -2.31. The lowest BCUT2D eigenvalue weighted by atomic mass is 10.2. The summed E-state index contributed by atoms with van der Waals surface area (Å²) in [6.45, 7) is 0. The molecule has 0 bridgehead atoms. The molecule has 138 valence electrons. The van der Waals surface area contributed by atoms with Gasteiger partial charge in [-0.15, -0.1) is 0 Å². The van der Waals surface area contributed by atoms with Crippen LogP contribution in [-0.2, 0) is 14.8 Å². The molecule has 0 saturated heterocycles. The molecule has 3 rings (SSSR count). The van der Waals surface area contributed by atoms with E-state index >= 15 is 0 Å². The smallest absolute Gasteiger partial charge is 0.337 e. The van der Waals surface area contributed by atoms with Gasteiger partial charge in [0.1, 0.15) is 0 Å². The van der Waals surface area contributed by atoms with E-state index in [1.54, 1.807) is 66.7 Å². The molecule has 0 unspecified atom stereocenters. The second-order valence-corrected chi connectivity index (χ2v) is 8.40. The SMILES string of the molecule is COC(=O)c1cccc(Sc2cccc(NS(=O)(=O)c3ccccc3)c2)c1. The van der Waals surface area contributed by atoms with Crippen LogP contribution in [0.4, 0.5) is 5.69 Å². The first-order valence-electron chi connectivity index (χ1n) is 8.02. The summed E-state index contributed by atoms with van der Waals surface area (Å²) in [5.74, 6) is -0.401. The van der Waals surface area contributed by atoms with Crippen LogP contribution in [0.15, 0.2) is 93.5 Å². The Kier molecular flexibility index (Phi) is 5.83. The molecule has 0 spiro atoms. The summed E-state index contributed by atoms with van der Waals surface area (Å²) in [5, 5.41) is 0. The molecule has 7 heteroatoms. The van der Waals surface area contributed by atoms with Crippen molar-refractivity contribution in [1.82, 2.24) is 0 Å². The number of methoxy groups -OCH3 is 1. The van der Waals surface area contributed by atoms with E-state index in [1.807, 2.05) is 12.1 Å². The van der Waals surface area contributed by atoms with Crippen LogP contribution in [0.2, 0.25) is 0 Å². The van der Waals surface area contributed by atoms with E-state index in [0.29, 0.717) is 11.3 Å². The third kappa shape index (κ3) is 4.90. The van der Waals surface area contributed by atoms with Crippen LogP contribution in [0, 0.1) is 0 Å². The number of rotatable bonds is 6. The van der Waals surface area contributed by atoms with Gasteiger partial charge in [-0.1, -0.05) is 42.1 Å². The topological polar surface area (TPSA) is 72.5 Å². The molecular weight excluding hydrogens is 382 g/mol. The van der Waals surface area contributed by atoms with Crippen molar-refractivity contribution >= 4 is 33.4 Å². The molecule has 0 atom stereocenters. The molecule has 3 aromatic rings. The highest BCUT2D eigenvalue weighted by atomic mass is 32.2. The molecule has 0 aromatic heterocycles. The maximum Gasteiger partial charge on any atom is 0.337 e. The highest BCUT2D eigenvalue weighted by Gasteiger charge is 2.14. The number of esters is 1. The molecule has 0 aliphatic carbocycles. The van der Waals surface area contributed by atoms with Crippen LogP contribution >= 0.6 is 11.8 Å². The number of anilines is 1. The minimum absolute atomic E-state index is 0.203. The quantitative estimate of drug-likeness (QED) is 0.621. The number of carbonyl (C=O) groups is 1. The van der Waals surface area contributed by atoms with E-state index in [0.717, 1.165) is 9.79 Å². The maximum atomic E-state index is 12.5. The van der Waals surface area contributed by atoms with Gasteiger partial charge in [0.05, 0.1) is 17.6 Å². The largest absolute Gasteiger partial charge is 0.465 e. The van der Waals surface area contributed by atoms with E-state index < -0.39 is 16.0 Å². The van der Waals surface area contributed by atoms with Crippen molar-refractivity contribution in [2.24, 2.45) is 0 Å². The molecule has 0 radical (unpaired) electrons. The number of nitrogens with one attached hydrogen (secondary N) is 1. The van der Waals surface area contributed by atoms with Crippen LogP contribution in [-0.4, -0.2) is 21.5 Å². The minimum atomic E-state index is -3.64. The number of hydrogen-bond acceptors (Lipinski definition) is 5. The molecule has 1 N–H and O–H groups in total. The van der Waals surface area contributed by atoms with E-state index in [2.05, 4.69) is 4.72 Å². The highest BCUT2D eigenvalue weighted by Crippen LogP contribution is 2.30. The molecule has 0 heterocycles. The molecule has 0 saturated carbocycles. The van der Waals surface area contributed by atoms with Crippen molar-refractivity contribution in [3.05, 3.63) is 84.4 Å². The summed E-state index contributed by atoms with van der Waals surface area (Å²) in [5.41, 5.74) is 0.927. The van der Waals surface area contributed by atoms with Gasteiger partial charge in [-0.25, -0.2) is 13.2 Å². The fourth-order valence-corrected chi connectivity index (χ4v) is 4.39. The first-order valence-corrected chi connectivity index (χ1v) is 10.3. The van der Waals surface area contributed by atoms with Crippen molar-refractivity contribution in [3.63, 3.8) is 0 Å². The van der Waals surface area contributed by atoms with Crippen molar-refractivity contribution in [2.75, 3.05) is 11.8 Å². The van der Waals surface area contributed by atoms with E-state index in [1.165, 1.54) is 18.9 Å². The van der Waals surface area contributed by atoms with Crippen LogP contribution in [0.25, 0.3) is 0 Å². The van der Waals surface area contributed by atoms with Crippen LogP contribution < -0.4 is 4.72 Å². The predicted octanol–water partition coefficient (Wildman–Crippen LogP) is 4.43. The first-order chi connectivity index (χ1) is 13.0. The lowest BCUT2D eigenvalue weighted by Crippen LogP contribution is -2.12. The average molecular weight is 399 g/mol. The second kappa shape index (κ2) is 8.28. The zero-order chi connectivity index (χ0) is 19.3. The highest BCUT2D eigenvalue weighted by molar-refractivity contribution is 7.99. The number of sulfonamides is 1. The summed E-state index contributed by atoms with van der Waals surface area (Å²) >= 11 is 1.42. The lowest BCUT2D eigenvalue weighted by molar-refractivity contribution is 0.0600. The van der Waals surface area contributed by atoms with Gasteiger partial charge in [0.25, 0.3) is 10.0 Å². The Bertz CT molecular complexity index is 1050. The number of benzene rings is 3. The molecule has 3 aromatic carbocycles. The zero-order valence-electron chi connectivity index (χ0n) is 14.5. The first kappa shape index (κ1) is 19.0. The van der Waals surface area contributed by atoms with Crippen molar-refractivity contribution < 1.29 is 17.9 Å². The molecule has 0 amide bonds. The molecule has 0 aliphatic heterocycles. The van der Waals surface area contributed by atoms with E-state index in [4.69, 9.17) is 4.74 Å². The fourth-order valence-electron chi connectivity index (χ4n) is 2.38. The van der Waals surface area contributed by atoms with Crippen LogP contribution in [0.3, 0.4) is 0 Å². The van der Waals surface area contributed by atoms with Gasteiger partial charge in [0.2, 0.25) is 0 Å². The number of carbonyl (C=O) groups excluding carboxylic acids is 1. The van der Waals surface area contributed by atoms with Crippen LogP contribution in [0.1, 0.15) is 10.4 Å². The third-order valence-electron chi connectivity index (χ3n) is 3.63. The van der Waals surface area contributed by atoms with Crippen molar-refractivity contribution in [1.29, 1.82) is 0 Å². The van der Waals surface area contributed by atoms with Gasteiger partial charge in [0.15, 0.2) is 0 Å². The Morgan fingerprint density at radius 2 is 1.56 bits per heavy atom. The predicted molar refractivity (Wildman–Crippen MR) is 106 cm³/mol. The minimum Gasteiger partial charge on any atom is -0.465 e. The van der Waals surface area contributed by atoms with Crippen molar-refractivity contribution in [3.8, 4) is 0 Å². The standard InChI is InChI=1S/C20H17NO4S2/c1-25-20(22)15-7-5-9-17(13-15)26-18-10-6-8-16(14-18)21-27(23,24)19-11-3-2-4-12-19/h2-14,21H,1H3. The molecule has 0 aliphatic rings. The van der Waals surface area contributed by atoms with Gasteiger partial charge in [-0.3, -0.25) is 4.72 Å². The monoisotopic (exact) mass is 399 g/mol. The fraction of sp³-hybridized carbons (Fsp3) is 0.0500. The van der Waals surface area contributed by atoms with Gasteiger partial charge < -0.3 is 4.74 Å². The number of ether oxygens (including phenoxy) is 1. The summed E-state index contributed by atoms with van der Waals surface area (Å²) in [6, 6.07) is 22.3. The second-order valence-electron chi connectivity index (χ2n) is 5.57. The normalized spacial score (nSPS) is 11.0. The number of hydrogen-bond donors (Lipinski definition) is 1. The summed E-state index contributed by atoms with van der Waals surface area (Å²) < 4.78 is 32.2. The summed E-state index contributed by atoms with van der Waals surface area (Å²) in [6.07, 6.45) is 0. The third-order valence-corrected chi connectivity index (χ3v) is 6.01. The Hall–Kier alpha value is -2.77. The van der Waals surface area contributed by atoms with Gasteiger partial charge in [-0.05, 0) is 48.5 Å². The Labute approximate surface area is 162 Å². The summed E-state index contributed by atoms with van der Waals surface area (Å²) in [4.78, 5) is 13.5. The zero-order valence-corrected chi connectivity index (χ0v) is 16.1. The molecule has 27 heavy (non-hydrogen) atoms. The molecule has 0 fully saturated rings. The van der Waals surface area contributed by atoms with Crippen molar-refractivity contribution in [2.45, 2.75) is 14.7 Å². The Balaban J connectivity index is 1.79. The van der Waals surface area contributed by atoms with Gasteiger partial charge >= 0.3 is 5.97 Å². The Morgan fingerprint density at radius 1 is 0.889 bits per heavy atom.